The number of hydrogen-bond donors (Lipinski definition) is 2. The lowest BCUT2D eigenvalue weighted by atomic mass is 10.2. The van der Waals surface area contributed by atoms with E-state index < -0.39 is 11.8 Å². The molecule has 0 saturated carbocycles. The predicted octanol–water partition coefficient (Wildman–Crippen LogP) is 0.874. The number of rotatable bonds is 3. The number of benzene rings is 1. The van der Waals surface area contributed by atoms with Gasteiger partial charge in [0.15, 0.2) is 5.58 Å². The molecule has 1 aromatic heterocycles. The highest BCUT2D eigenvalue weighted by Crippen LogP contribution is 2.19. The van der Waals surface area contributed by atoms with E-state index in [1.165, 1.54) is 4.57 Å². The summed E-state index contributed by atoms with van der Waals surface area (Å²) in [5.41, 5.74) is 7.14. The van der Waals surface area contributed by atoms with Crippen LogP contribution in [0.3, 0.4) is 0 Å². The van der Waals surface area contributed by atoms with Gasteiger partial charge in [0.25, 0.3) is 0 Å². The molecule has 2 rings (SSSR count). The largest absolute Gasteiger partial charge is 0.420 e. The molecule has 0 bridgehead atoms. The van der Waals surface area contributed by atoms with Gasteiger partial charge in [0.05, 0.1) is 5.52 Å². The van der Waals surface area contributed by atoms with E-state index in [4.69, 9.17) is 10.2 Å². The molecule has 1 atom stereocenters. The number of carbonyl (C=O) groups excluding carboxylic acids is 1. The van der Waals surface area contributed by atoms with Crippen molar-refractivity contribution in [3.63, 3.8) is 0 Å². The third-order valence-corrected chi connectivity index (χ3v) is 2.75. The SMILES string of the molecule is CCNC(=O)C(C)n1c(=O)oc2ccc(N)cc21. The van der Waals surface area contributed by atoms with Crippen molar-refractivity contribution in [3.8, 4) is 0 Å². The predicted molar refractivity (Wildman–Crippen MR) is 68.3 cm³/mol. The molecule has 6 heteroatoms. The molecule has 0 aliphatic rings. The Morgan fingerprint density at radius 3 is 2.94 bits per heavy atom. The number of nitrogens with one attached hydrogen (secondary N) is 1. The summed E-state index contributed by atoms with van der Waals surface area (Å²) in [5, 5.41) is 2.67. The molecular formula is C12H15N3O3. The van der Waals surface area contributed by atoms with Crippen molar-refractivity contribution in [2.24, 2.45) is 0 Å². The lowest BCUT2D eigenvalue weighted by Crippen LogP contribution is -2.34. The van der Waals surface area contributed by atoms with Gasteiger partial charge in [-0.3, -0.25) is 9.36 Å². The van der Waals surface area contributed by atoms with Gasteiger partial charge in [-0.05, 0) is 32.0 Å². The van der Waals surface area contributed by atoms with E-state index in [0.29, 0.717) is 23.3 Å². The standard InChI is InChI=1S/C12H15N3O3/c1-3-14-11(16)7(2)15-9-6-8(13)4-5-10(9)18-12(15)17/h4-7H,3,13H2,1-2H3,(H,14,16). The number of likely N-dealkylation sites (N-methyl/N-ethyl adjacent to an activating group) is 1. The molecule has 1 unspecified atom stereocenters. The zero-order chi connectivity index (χ0) is 13.3. The summed E-state index contributed by atoms with van der Waals surface area (Å²) in [7, 11) is 0. The number of amides is 1. The molecule has 0 spiro atoms. The van der Waals surface area contributed by atoms with Crippen LogP contribution in [-0.2, 0) is 4.79 Å². The van der Waals surface area contributed by atoms with Crippen molar-refractivity contribution in [2.75, 3.05) is 12.3 Å². The van der Waals surface area contributed by atoms with Crippen LogP contribution in [0.2, 0.25) is 0 Å². The van der Waals surface area contributed by atoms with Crippen LogP contribution >= 0.6 is 0 Å². The Morgan fingerprint density at radius 2 is 2.28 bits per heavy atom. The van der Waals surface area contributed by atoms with Gasteiger partial charge in [0.1, 0.15) is 6.04 Å². The first kappa shape index (κ1) is 12.2. The number of fused-ring (bicyclic) bond motifs is 1. The van der Waals surface area contributed by atoms with Crippen LogP contribution in [0.15, 0.2) is 27.4 Å². The van der Waals surface area contributed by atoms with Crippen molar-refractivity contribution >= 4 is 22.7 Å². The van der Waals surface area contributed by atoms with Crippen LogP contribution in [0.25, 0.3) is 11.1 Å². The third-order valence-electron chi connectivity index (χ3n) is 2.75. The van der Waals surface area contributed by atoms with Gasteiger partial charge in [0, 0.05) is 12.2 Å². The second-order valence-corrected chi connectivity index (χ2v) is 4.04. The maximum absolute atomic E-state index is 11.8. The summed E-state index contributed by atoms with van der Waals surface area (Å²) in [6, 6.07) is 4.25. The van der Waals surface area contributed by atoms with E-state index in [0.717, 1.165) is 0 Å². The molecule has 6 nitrogen and oxygen atoms in total. The lowest BCUT2D eigenvalue weighted by molar-refractivity contribution is -0.123. The normalized spacial score (nSPS) is 12.6. The van der Waals surface area contributed by atoms with E-state index in [9.17, 15) is 9.59 Å². The fourth-order valence-corrected chi connectivity index (χ4v) is 1.86. The summed E-state index contributed by atoms with van der Waals surface area (Å²) in [4.78, 5) is 23.6. The quantitative estimate of drug-likeness (QED) is 0.790. The minimum atomic E-state index is -0.638. The van der Waals surface area contributed by atoms with Crippen molar-refractivity contribution < 1.29 is 9.21 Å². The fraction of sp³-hybridized carbons (Fsp3) is 0.333. The van der Waals surface area contributed by atoms with Gasteiger partial charge in [-0.15, -0.1) is 0 Å². The first-order valence-electron chi connectivity index (χ1n) is 5.73. The van der Waals surface area contributed by atoms with Gasteiger partial charge in [-0.25, -0.2) is 4.79 Å². The molecule has 2 aromatic rings. The van der Waals surface area contributed by atoms with Crippen LogP contribution < -0.4 is 16.8 Å². The van der Waals surface area contributed by atoms with Crippen molar-refractivity contribution in [2.45, 2.75) is 19.9 Å². The summed E-state index contributed by atoms with van der Waals surface area (Å²) in [6.07, 6.45) is 0. The summed E-state index contributed by atoms with van der Waals surface area (Å²) in [6.45, 7) is 3.97. The highest BCUT2D eigenvalue weighted by Gasteiger charge is 2.20. The number of hydrogen-bond acceptors (Lipinski definition) is 4. The first-order valence-corrected chi connectivity index (χ1v) is 5.73. The number of nitrogen functional groups attached to an aromatic ring is 1. The van der Waals surface area contributed by atoms with Crippen molar-refractivity contribution in [3.05, 3.63) is 28.7 Å². The number of nitrogens with zero attached hydrogens (tertiary/aromatic N) is 1. The lowest BCUT2D eigenvalue weighted by Gasteiger charge is -2.12. The van der Waals surface area contributed by atoms with Crippen molar-refractivity contribution in [1.82, 2.24) is 9.88 Å². The Morgan fingerprint density at radius 1 is 1.56 bits per heavy atom. The van der Waals surface area contributed by atoms with E-state index >= 15 is 0 Å². The van der Waals surface area contributed by atoms with E-state index in [2.05, 4.69) is 5.32 Å². The first-order chi connectivity index (χ1) is 8.54. The summed E-state index contributed by atoms with van der Waals surface area (Å²) < 4.78 is 6.38. The van der Waals surface area contributed by atoms with Gasteiger partial charge >= 0.3 is 5.76 Å². The number of anilines is 1. The Balaban J connectivity index is 2.56. The molecule has 0 saturated heterocycles. The maximum atomic E-state index is 11.8. The minimum absolute atomic E-state index is 0.232. The number of nitrogens with two attached hydrogens (primary N) is 1. The van der Waals surface area contributed by atoms with Gasteiger partial charge in [-0.1, -0.05) is 0 Å². The van der Waals surface area contributed by atoms with E-state index in [1.54, 1.807) is 25.1 Å². The van der Waals surface area contributed by atoms with Crippen LogP contribution in [0.1, 0.15) is 19.9 Å². The number of aromatic nitrogens is 1. The highest BCUT2D eigenvalue weighted by atomic mass is 16.4. The Bertz CT molecular complexity index is 642. The smallest absolute Gasteiger partial charge is 0.408 e. The van der Waals surface area contributed by atoms with Crippen LogP contribution in [0, 0.1) is 0 Å². The molecule has 0 fully saturated rings. The molecule has 0 radical (unpaired) electrons. The van der Waals surface area contributed by atoms with Gasteiger partial charge in [-0.2, -0.15) is 0 Å². The average molecular weight is 249 g/mol. The topological polar surface area (TPSA) is 90.3 Å². The van der Waals surface area contributed by atoms with E-state index in [1.807, 2.05) is 6.92 Å². The van der Waals surface area contributed by atoms with E-state index in [-0.39, 0.29) is 5.91 Å². The average Bonchev–Trinajstić information content (AvgIpc) is 2.64. The molecule has 0 aliphatic heterocycles. The Hall–Kier alpha value is -2.24. The van der Waals surface area contributed by atoms with Crippen LogP contribution in [0.4, 0.5) is 5.69 Å². The minimum Gasteiger partial charge on any atom is -0.408 e. The molecule has 1 amide bonds. The highest BCUT2D eigenvalue weighted by molar-refractivity contribution is 5.83. The molecule has 18 heavy (non-hydrogen) atoms. The zero-order valence-electron chi connectivity index (χ0n) is 10.3. The molecule has 1 heterocycles. The monoisotopic (exact) mass is 249 g/mol. The molecule has 0 aliphatic carbocycles. The fourth-order valence-electron chi connectivity index (χ4n) is 1.86. The van der Waals surface area contributed by atoms with Crippen LogP contribution in [0.5, 0.6) is 0 Å². The van der Waals surface area contributed by atoms with Crippen molar-refractivity contribution in [1.29, 1.82) is 0 Å². The number of oxazole rings is 1. The van der Waals surface area contributed by atoms with Gasteiger partial charge in [0.2, 0.25) is 5.91 Å². The summed E-state index contributed by atoms with van der Waals surface area (Å²) in [5.74, 6) is -0.793. The maximum Gasteiger partial charge on any atom is 0.420 e. The molecule has 3 N–H and O–H groups in total. The second-order valence-electron chi connectivity index (χ2n) is 4.04. The Labute approximate surface area is 103 Å². The third kappa shape index (κ3) is 1.97. The van der Waals surface area contributed by atoms with Crippen LogP contribution in [-0.4, -0.2) is 17.0 Å². The number of carbonyl (C=O) groups is 1. The molecule has 1 aromatic carbocycles. The zero-order valence-corrected chi connectivity index (χ0v) is 10.3. The molecular weight excluding hydrogens is 234 g/mol. The molecule has 96 valence electrons. The summed E-state index contributed by atoms with van der Waals surface area (Å²) >= 11 is 0. The second kappa shape index (κ2) is 4.56. The Kier molecular flexibility index (Phi) is 3.10. The van der Waals surface area contributed by atoms with Gasteiger partial charge < -0.3 is 15.5 Å².